The average molecular weight is 447 g/mol. The maximum Gasteiger partial charge on any atom is 0.330 e. The molecule has 0 unspecified atom stereocenters. The van der Waals surface area contributed by atoms with Gasteiger partial charge in [-0.3, -0.25) is 24.0 Å². The van der Waals surface area contributed by atoms with E-state index in [2.05, 4.69) is 20.0 Å². The van der Waals surface area contributed by atoms with E-state index in [1.165, 1.54) is 15.8 Å². The van der Waals surface area contributed by atoms with Crippen LogP contribution in [-0.4, -0.2) is 61.3 Å². The highest BCUT2D eigenvalue weighted by Crippen LogP contribution is 2.23. The van der Waals surface area contributed by atoms with Crippen molar-refractivity contribution in [2.24, 2.45) is 5.92 Å². The molecule has 1 aliphatic heterocycles. The van der Waals surface area contributed by atoms with Crippen LogP contribution < -0.4 is 21.9 Å². The molecule has 0 saturated carbocycles. The van der Waals surface area contributed by atoms with Gasteiger partial charge in [-0.1, -0.05) is 27.2 Å². The van der Waals surface area contributed by atoms with Crippen molar-refractivity contribution in [1.29, 1.82) is 0 Å². The van der Waals surface area contributed by atoms with Gasteiger partial charge in [0.25, 0.3) is 5.56 Å². The molecule has 32 heavy (non-hydrogen) atoms. The van der Waals surface area contributed by atoms with E-state index in [1.54, 1.807) is 6.33 Å². The predicted octanol–water partition coefficient (Wildman–Crippen LogP) is 0.837. The first-order valence-electron chi connectivity index (χ1n) is 11.3. The third kappa shape index (κ3) is 5.45. The number of anilines is 2. The maximum atomic E-state index is 13.3. The van der Waals surface area contributed by atoms with Gasteiger partial charge in [0.2, 0.25) is 5.91 Å². The summed E-state index contributed by atoms with van der Waals surface area (Å²) in [6, 6.07) is 0.276. The minimum absolute atomic E-state index is 0.0433. The number of aromatic nitrogens is 5. The van der Waals surface area contributed by atoms with Crippen molar-refractivity contribution >= 4 is 17.4 Å². The molecule has 0 radical (unpaired) electrons. The average Bonchev–Trinajstić information content (AvgIpc) is 3.28. The molecular formula is C21H34N8O3. The molecule has 3 rings (SSSR count). The van der Waals surface area contributed by atoms with E-state index in [-0.39, 0.29) is 35.9 Å². The van der Waals surface area contributed by atoms with Gasteiger partial charge in [-0.15, -0.1) is 0 Å². The van der Waals surface area contributed by atoms with Gasteiger partial charge < -0.3 is 10.6 Å². The Labute approximate surface area is 187 Å². The van der Waals surface area contributed by atoms with E-state index < -0.39 is 11.2 Å². The number of aromatic amines is 1. The van der Waals surface area contributed by atoms with E-state index >= 15 is 0 Å². The second-order valence-electron chi connectivity index (χ2n) is 8.78. The van der Waals surface area contributed by atoms with Crippen LogP contribution in [0.1, 0.15) is 52.5 Å². The SMILES string of the molecule is CCCCN(C(=O)CN1CCC(n2cncn2)CC1)c1c(N)n(CC(C)C)c(=O)[nH]c1=O. The lowest BCUT2D eigenvalue weighted by Crippen LogP contribution is -2.47. The van der Waals surface area contributed by atoms with E-state index in [9.17, 15) is 14.4 Å². The molecule has 1 amide bonds. The molecule has 0 spiro atoms. The minimum atomic E-state index is -0.623. The number of nitrogens with two attached hydrogens (primary N) is 1. The van der Waals surface area contributed by atoms with E-state index in [0.29, 0.717) is 13.1 Å². The molecule has 0 atom stereocenters. The van der Waals surface area contributed by atoms with Crippen molar-refractivity contribution in [3.63, 3.8) is 0 Å². The lowest BCUT2D eigenvalue weighted by Gasteiger charge is -2.33. The van der Waals surface area contributed by atoms with Crippen molar-refractivity contribution in [1.82, 2.24) is 29.2 Å². The molecule has 1 saturated heterocycles. The summed E-state index contributed by atoms with van der Waals surface area (Å²) in [5.74, 6) is 0.00576. The molecule has 1 fully saturated rings. The Morgan fingerprint density at radius 3 is 2.62 bits per heavy atom. The van der Waals surface area contributed by atoms with Gasteiger partial charge in [0.1, 0.15) is 18.5 Å². The lowest BCUT2D eigenvalue weighted by atomic mass is 10.1. The van der Waals surface area contributed by atoms with Crippen LogP contribution >= 0.6 is 0 Å². The molecule has 2 aromatic rings. The quantitative estimate of drug-likeness (QED) is 0.582. The Morgan fingerprint density at radius 1 is 1.31 bits per heavy atom. The van der Waals surface area contributed by atoms with E-state index in [0.717, 1.165) is 38.8 Å². The number of hydrogen-bond donors (Lipinski definition) is 2. The summed E-state index contributed by atoms with van der Waals surface area (Å²) < 4.78 is 3.21. The molecule has 2 aromatic heterocycles. The molecule has 0 aromatic carbocycles. The highest BCUT2D eigenvalue weighted by Gasteiger charge is 2.28. The van der Waals surface area contributed by atoms with E-state index in [4.69, 9.17) is 5.73 Å². The van der Waals surface area contributed by atoms with Crippen LogP contribution in [0.5, 0.6) is 0 Å². The fraction of sp³-hybridized carbons (Fsp3) is 0.667. The number of H-pyrrole nitrogens is 1. The van der Waals surface area contributed by atoms with Gasteiger partial charge in [0.15, 0.2) is 5.69 Å². The summed E-state index contributed by atoms with van der Waals surface area (Å²) in [5, 5.41) is 4.21. The first-order valence-corrected chi connectivity index (χ1v) is 11.3. The van der Waals surface area contributed by atoms with Crippen LogP contribution in [0.25, 0.3) is 0 Å². The van der Waals surface area contributed by atoms with Gasteiger partial charge in [-0.05, 0) is 25.2 Å². The molecule has 3 N–H and O–H groups in total. The van der Waals surface area contributed by atoms with Gasteiger partial charge in [0.05, 0.1) is 12.6 Å². The third-order valence-electron chi connectivity index (χ3n) is 5.79. The standard InChI is InChI=1S/C21H34N8O3/c1-4-5-8-27(18-19(22)28(11-15(2)3)21(32)25-20(18)31)17(30)12-26-9-6-16(7-10-26)29-14-23-13-24-29/h13-16H,4-12,22H2,1-3H3,(H,25,31,32). The van der Waals surface area contributed by atoms with Crippen LogP contribution in [0.2, 0.25) is 0 Å². The van der Waals surface area contributed by atoms with Crippen molar-refractivity contribution in [2.75, 3.05) is 36.8 Å². The van der Waals surface area contributed by atoms with Gasteiger partial charge >= 0.3 is 5.69 Å². The van der Waals surface area contributed by atoms with Crippen LogP contribution in [0.15, 0.2) is 22.2 Å². The number of nitrogen functional groups attached to an aromatic ring is 1. The minimum Gasteiger partial charge on any atom is -0.383 e. The Balaban J connectivity index is 1.79. The number of rotatable bonds is 9. The van der Waals surface area contributed by atoms with Gasteiger partial charge in [-0.25, -0.2) is 14.5 Å². The lowest BCUT2D eigenvalue weighted by molar-refractivity contribution is -0.120. The number of nitrogens with one attached hydrogen (secondary N) is 1. The first-order chi connectivity index (χ1) is 15.3. The summed E-state index contributed by atoms with van der Waals surface area (Å²) in [5.41, 5.74) is 5.16. The van der Waals surface area contributed by atoms with Crippen molar-refractivity contribution in [2.45, 2.75) is 59.0 Å². The summed E-state index contributed by atoms with van der Waals surface area (Å²) in [6.07, 6.45) is 6.57. The Hall–Kier alpha value is -2.95. The van der Waals surface area contributed by atoms with Gasteiger partial charge in [-0.2, -0.15) is 5.10 Å². The fourth-order valence-corrected chi connectivity index (χ4v) is 4.09. The fourth-order valence-electron chi connectivity index (χ4n) is 4.09. The number of carbonyl (C=O) groups excluding carboxylic acids is 1. The van der Waals surface area contributed by atoms with Crippen molar-refractivity contribution < 1.29 is 4.79 Å². The maximum absolute atomic E-state index is 13.3. The van der Waals surface area contributed by atoms with Crippen LogP contribution in [0, 0.1) is 5.92 Å². The number of carbonyl (C=O) groups is 1. The number of nitrogens with zero attached hydrogens (tertiary/aromatic N) is 6. The summed E-state index contributed by atoms with van der Waals surface area (Å²) in [6.45, 7) is 8.35. The summed E-state index contributed by atoms with van der Waals surface area (Å²) in [4.78, 5) is 48.2. The Kier molecular flexibility index (Phi) is 7.84. The topological polar surface area (TPSA) is 135 Å². The van der Waals surface area contributed by atoms with Crippen LogP contribution in [0.4, 0.5) is 11.5 Å². The smallest absolute Gasteiger partial charge is 0.330 e. The zero-order valence-electron chi connectivity index (χ0n) is 19.2. The number of piperidine rings is 1. The second-order valence-corrected chi connectivity index (χ2v) is 8.78. The summed E-state index contributed by atoms with van der Waals surface area (Å²) in [7, 11) is 0. The molecule has 11 heteroatoms. The normalized spacial score (nSPS) is 15.4. The Morgan fingerprint density at radius 2 is 2.03 bits per heavy atom. The molecule has 0 aliphatic carbocycles. The second kappa shape index (κ2) is 10.6. The summed E-state index contributed by atoms with van der Waals surface area (Å²) >= 11 is 0. The molecule has 11 nitrogen and oxygen atoms in total. The zero-order valence-corrected chi connectivity index (χ0v) is 19.2. The molecule has 0 bridgehead atoms. The van der Waals surface area contributed by atoms with Gasteiger partial charge in [0, 0.05) is 26.2 Å². The monoisotopic (exact) mass is 446 g/mol. The van der Waals surface area contributed by atoms with E-state index in [1.807, 2.05) is 25.5 Å². The largest absolute Gasteiger partial charge is 0.383 e. The predicted molar refractivity (Wildman–Crippen MR) is 123 cm³/mol. The number of likely N-dealkylation sites (tertiary alicyclic amines) is 1. The highest BCUT2D eigenvalue weighted by molar-refractivity contribution is 5.96. The molecule has 176 valence electrons. The van der Waals surface area contributed by atoms with Crippen LogP contribution in [0.3, 0.4) is 0 Å². The van der Waals surface area contributed by atoms with Crippen molar-refractivity contribution in [3.8, 4) is 0 Å². The number of hydrogen-bond acceptors (Lipinski definition) is 7. The van der Waals surface area contributed by atoms with Crippen molar-refractivity contribution in [3.05, 3.63) is 33.5 Å². The third-order valence-corrected chi connectivity index (χ3v) is 5.79. The Bertz CT molecular complexity index is 1000. The number of unbranched alkanes of at least 4 members (excludes halogenated alkanes) is 1. The number of amides is 1. The van der Waals surface area contributed by atoms with Crippen LogP contribution in [-0.2, 0) is 11.3 Å². The molecule has 1 aliphatic rings. The highest BCUT2D eigenvalue weighted by atomic mass is 16.2. The molecule has 3 heterocycles. The first kappa shape index (κ1) is 23.7. The molecular weight excluding hydrogens is 412 g/mol. The zero-order chi connectivity index (χ0) is 23.3.